The number of carbonyl (C=O) groups is 1. The Hall–Kier alpha value is -2.13. The zero-order chi connectivity index (χ0) is 14.7. The molecule has 3 nitrogen and oxygen atoms in total. The highest BCUT2D eigenvalue weighted by Crippen LogP contribution is 2.47. The summed E-state index contributed by atoms with van der Waals surface area (Å²) >= 11 is 0. The van der Waals surface area contributed by atoms with Crippen molar-refractivity contribution < 1.29 is 14.6 Å². The van der Waals surface area contributed by atoms with Crippen LogP contribution in [0.15, 0.2) is 60.7 Å². The van der Waals surface area contributed by atoms with E-state index in [1.165, 1.54) is 0 Å². The highest BCUT2D eigenvalue weighted by Gasteiger charge is 2.51. The Morgan fingerprint density at radius 1 is 1.00 bits per heavy atom. The van der Waals surface area contributed by atoms with Crippen LogP contribution in [0.4, 0.5) is 0 Å². The molecule has 0 spiro atoms. The summed E-state index contributed by atoms with van der Waals surface area (Å²) in [6.07, 6.45) is 1.20. The van der Waals surface area contributed by atoms with E-state index in [1.54, 1.807) is 0 Å². The Kier molecular flexibility index (Phi) is 3.76. The summed E-state index contributed by atoms with van der Waals surface area (Å²) in [6.45, 7) is 0.261. The molecular formula is C18H18O3. The van der Waals surface area contributed by atoms with Gasteiger partial charge in [-0.3, -0.25) is 4.79 Å². The van der Waals surface area contributed by atoms with Crippen molar-refractivity contribution in [1.82, 2.24) is 0 Å². The van der Waals surface area contributed by atoms with Crippen molar-refractivity contribution in [2.24, 2.45) is 5.41 Å². The standard InChI is InChI=1S/C18H18O3/c19-17(20)18(11-12-18)13-21-16(14-7-3-1-4-8-14)15-9-5-2-6-10-15/h1-10,16H,11-13H2,(H,19,20). The molecule has 0 heterocycles. The fourth-order valence-corrected chi connectivity index (χ4v) is 2.45. The largest absolute Gasteiger partial charge is 0.481 e. The molecule has 0 unspecified atom stereocenters. The van der Waals surface area contributed by atoms with Gasteiger partial charge in [0.05, 0.1) is 12.0 Å². The van der Waals surface area contributed by atoms with Gasteiger partial charge in [-0.25, -0.2) is 0 Å². The lowest BCUT2D eigenvalue weighted by atomic mass is 10.0. The lowest BCUT2D eigenvalue weighted by Crippen LogP contribution is -2.23. The number of rotatable bonds is 6. The van der Waals surface area contributed by atoms with E-state index in [0.29, 0.717) is 12.8 Å². The molecular weight excluding hydrogens is 264 g/mol. The van der Waals surface area contributed by atoms with Gasteiger partial charge in [0.2, 0.25) is 0 Å². The first kappa shape index (κ1) is 13.8. The normalized spacial score (nSPS) is 15.9. The van der Waals surface area contributed by atoms with Crippen LogP contribution in [0.3, 0.4) is 0 Å². The Morgan fingerprint density at radius 2 is 1.48 bits per heavy atom. The molecule has 1 saturated carbocycles. The van der Waals surface area contributed by atoms with Crippen molar-refractivity contribution in [2.45, 2.75) is 18.9 Å². The highest BCUT2D eigenvalue weighted by atomic mass is 16.5. The van der Waals surface area contributed by atoms with Gasteiger partial charge in [0, 0.05) is 0 Å². The van der Waals surface area contributed by atoms with Gasteiger partial charge in [-0.1, -0.05) is 60.7 Å². The van der Waals surface area contributed by atoms with Crippen LogP contribution < -0.4 is 0 Å². The molecule has 0 aliphatic heterocycles. The Balaban J connectivity index is 1.82. The molecule has 0 amide bonds. The Labute approximate surface area is 124 Å². The third-order valence-corrected chi connectivity index (χ3v) is 4.04. The van der Waals surface area contributed by atoms with E-state index in [2.05, 4.69) is 0 Å². The van der Waals surface area contributed by atoms with E-state index in [0.717, 1.165) is 11.1 Å². The number of hydrogen-bond acceptors (Lipinski definition) is 2. The van der Waals surface area contributed by atoms with Crippen LogP contribution in [-0.2, 0) is 9.53 Å². The minimum Gasteiger partial charge on any atom is -0.481 e. The number of aliphatic carboxylic acids is 1. The first-order valence-corrected chi connectivity index (χ1v) is 7.16. The average molecular weight is 282 g/mol. The fourth-order valence-electron chi connectivity index (χ4n) is 2.45. The zero-order valence-corrected chi connectivity index (χ0v) is 11.7. The van der Waals surface area contributed by atoms with E-state index >= 15 is 0 Å². The SMILES string of the molecule is O=C(O)C1(COC(c2ccccc2)c2ccccc2)CC1. The number of benzene rings is 2. The Bertz CT molecular complexity index is 563. The first-order chi connectivity index (χ1) is 10.2. The van der Waals surface area contributed by atoms with Crippen LogP contribution in [0.25, 0.3) is 0 Å². The van der Waals surface area contributed by atoms with Gasteiger partial charge in [-0.2, -0.15) is 0 Å². The maximum Gasteiger partial charge on any atom is 0.311 e. The van der Waals surface area contributed by atoms with Crippen LogP contribution in [0.1, 0.15) is 30.1 Å². The van der Waals surface area contributed by atoms with Crippen molar-refractivity contribution in [3.05, 3.63) is 71.8 Å². The second kappa shape index (κ2) is 5.70. The van der Waals surface area contributed by atoms with Crippen molar-refractivity contribution in [1.29, 1.82) is 0 Å². The molecule has 1 aliphatic carbocycles. The van der Waals surface area contributed by atoms with Crippen LogP contribution in [0.2, 0.25) is 0 Å². The summed E-state index contributed by atoms with van der Waals surface area (Å²) in [6, 6.07) is 19.9. The van der Waals surface area contributed by atoms with Crippen LogP contribution in [0.5, 0.6) is 0 Å². The van der Waals surface area contributed by atoms with E-state index in [1.807, 2.05) is 60.7 Å². The minimum atomic E-state index is -0.748. The fraction of sp³-hybridized carbons (Fsp3) is 0.278. The molecule has 21 heavy (non-hydrogen) atoms. The molecule has 2 aromatic carbocycles. The van der Waals surface area contributed by atoms with E-state index < -0.39 is 11.4 Å². The molecule has 0 radical (unpaired) electrons. The second-order valence-electron chi connectivity index (χ2n) is 5.60. The molecule has 0 aromatic heterocycles. The van der Waals surface area contributed by atoms with E-state index in [4.69, 9.17) is 4.74 Å². The number of carboxylic acid groups (broad SMARTS) is 1. The van der Waals surface area contributed by atoms with Gasteiger partial charge < -0.3 is 9.84 Å². The van der Waals surface area contributed by atoms with Crippen LogP contribution in [-0.4, -0.2) is 17.7 Å². The summed E-state index contributed by atoms with van der Waals surface area (Å²) in [4.78, 5) is 11.3. The van der Waals surface area contributed by atoms with Gasteiger partial charge in [0.1, 0.15) is 6.10 Å². The van der Waals surface area contributed by atoms with Gasteiger partial charge in [-0.05, 0) is 24.0 Å². The average Bonchev–Trinajstić information content (AvgIpc) is 3.31. The van der Waals surface area contributed by atoms with Gasteiger partial charge >= 0.3 is 5.97 Å². The smallest absolute Gasteiger partial charge is 0.311 e. The van der Waals surface area contributed by atoms with Gasteiger partial charge in [-0.15, -0.1) is 0 Å². The maximum absolute atomic E-state index is 11.3. The molecule has 0 atom stereocenters. The van der Waals surface area contributed by atoms with Crippen LogP contribution in [0, 0.1) is 5.41 Å². The summed E-state index contributed by atoms with van der Waals surface area (Å²) in [5, 5.41) is 9.28. The molecule has 108 valence electrons. The van der Waals surface area contributed by atoms with Gasteiger partial charge in [0.25, 0.3) is 0 Å². The number of ether oxygens (including phenoxy) is 1. The highest BCUT2D eigenvalue weighted by molar-refractivity contribution is 5.77. The molecule has 3 heteroatoms. The van der Waals surface area contributed by atoms with E-state index in [9.17, 15) is 9.90 Å². The van der Waals surface area contributed by atoms with Crippen molar-refractivity contribution >= 4 is 5.97 Å². The monoisotopic (exact) mass is 282 g/mol. The third-order valence-electron chi connectivity index (χ3n) is 4.04. The topological polar surface area (TPSA) is 46.5 Å². The molecule has 3 rings (SSSR count). The molecule has 1 fully saturated rings. The van der Waals surface area contributed by atoms with Crippen molar-refractivity contribution in [2.75, 3.05) is 6.61 Å². The van der Waals surface area contributed by atoms with Crippen LogP contribution >= 0.6 is 0 Å². The predicted molar refractivity (Wildman–Crippen MR) is 80.0 cm³/mol. The quantitative estimate of drug-likeness (QED) is 0.879. The second-order valence-corrected chi connectivity index (χ2v) is 5.60. The van der Waals surface area contributed by atoms with Crippen molar-refractivity contribution in [3.63, 3.8) is 0 Å². The van der Waals surface area contributed by atoms with Gasteiger partial charge in [0.15, 0.2) is 0 Å². The summed E-state index contributed by atoms with van der Waals surface area (Å²) in [5.74, 6) is -0.748. The lowest BCUT2D eigenvalue weighted by molar-refractivity contribution is -0.146. The Morgan fingerprint density at radius 3 is 1.86 bits per heavy atom. The predicted octanol–water partition coefficient (Wildman–Crippen LogP) is 3.66. The summed E-state index contributed by atoms with van der Waals surface area (Å²) in [7, 11) is 0. The molecule has 1 aliphatic rings. The molecule has 0 saturated heterocycles. The lowest BCUT2D eigenvalue weighted by Gasteiger charge is -2.21. The summed E-state index contributed by atoms with van der Waals surface area (Å²) in [5.41, 5.74) is 1.43. The summed E-state index contributed by atoms with van der Waals surface area (Å²) < 4.78 is 6.02. The molecule has 1 N–H and O–H groups in total. The molecule has 2 aromatic rings. The van der Waals surface area contributed by atoms with E-state index in [-0.39, 0.29) is 12.7 Å². The number of carboxylic acids is 1. The number of hydrogen-bond donors (Lipinski definition) is 1. The third kappa shape index (κ3) is 2.98. The molecule has 0 bridgehead atoms. The zero-order valence-electron chi connectivity index (χ0n) is 11.7. The first-order valence-electron chi connectivity index (χ1n) is 7.16. The van der Waals surface area contributed by atoms with Crippen molar-refractivity contribution in [3.8, 4) is 0 Å². The maximum atomic E-state index is 11.3. The minimum absolute atomic E-state index is 0.218.